The fraction of sp³-hybridized carbons (Fsp3) is 0.611. The molecule has 0 unspecified atom stereocenters. The van der Waals surface area contributed by atoms with Gasteiger partial charge >= 0.3 is 6.16 Å². The van der Waals surface area contributed by atoms with Gasteiger partial charge in [0.1, 0.15) is 0 Å². The lowest BCUT2D eigenvalue weighted by Crippen LogP contribution is -2.08. The molecule has 0 fully saturated rings. The van der Waals surface area contributed by atoms with E-state index in [0.717, 1.165) is 61.6 Å². The molecule has 0 aliphatic carbocycles. The number of hydrogen-bond donors (Lipinski definition) is 2. The van der Waals surface area contributed by atoms with Crippen LogP contribution in [0.5, 0.6) is 11.5 Å². The second kappa shape index (κ2) is 9.34. The number of phenols is 1. The van der Waals surface area contributed by atoms with Crippen LogP contribution in [0, 0.1) is 0 Å². The average Bonchev–Trinajstić information content (AvgIpc) is 2.48. The van der Waals surface area contributed by atoms with E-state index < -0.39 is 6.16 Å². The number of hydrogen-bond acceptors (Lipinski definition) is 3. The van der Waals surface area contributed by atoms with Gasteiger partial charge in [0.25, 0.3) is 0 Å². The minimum atomic E-state index is -1.38. The van der Waals surface area contributed by atoms with Crippen LogP contribution < -0.4 is 4.74 Å². The first-order chi connectivity index (χ1) is 10.5. The third-order valence-corrected chi connectivity index (χ3v) is 3.92. The predicted octanol–water partition coefficient (Wildman–Crippen LogP) is 5.09. The van der Waals surface area contributed by atoms with E-state index in [9.17, 15) is 9.90 Å². The Labute approximate surface area is 133 Å². The van der Waals surface area contributed by atoms with E-state index in [1.807, 2.05) is 13.0 Å². The second-order valence-corrected chi connectivity index (χ2v) is 5.63. The van der Waals surface area contributed by atoms with Crippen molar-refractivity contribution in [2.24, 2.45) is 0 Å². The molecular formula is C18H28O4. The van der Waals surface area contributed by atoms with E-state index in [1.165, 1.54) is 0 Å². The molecule has 124 valence electrons. The Bertz CT molecular complexity index is 494. The lowest BCUT2D eigenvalue weighted by molar-refractivity contribution is 0.142. The second-order valence-electron chi connectivity index (χ2n) is 5.63. The highest BCUT2D eigenvalue weighted by molar-refractivity contribution is 5.66. The van der Waals surface area contributed by atoms with Gasteiger partial charge in [-0.05, 0) is 43.2 Å². The minimum absolute atomic E-state index is 0.00463. The van der Waals surface area contributed by atoms with Crippen LogP contribution in [-0.4, -0.2) is 16.4 Å². The number of phenolic OH excluding ortho intramolecular Hbond substituents is 1. The van der Waals surface area contributed by atoms with Gasteiger partial charge in [0.2, 0.25) is 0 Å². The molecule has 0 saturated heterocycles. The lowest BCUT2D eigenvalue weighted by atomic mass is 9.93. The van der Waals surface area contributed by atoms with E-state index in [1.54, 1.807) is 0 Å². The van der Waals surface area contributed by atoms with Crippen molar-refractivity contribution in [2.45, 2.75) is 72.1 Å². The van der Waals surface area contributed by atoms with Gasteiger partial charge < -0.3 is 14.9 Å². The van der Waals surface area contributed by atoms with E-state index in [0.29, 0.717) is 6.42 Å². The molecule has 4 heteroatoms. The van der Waals surface area contributed by atoms with Crippen LogP contribution in [0.1, 0.15) is 69.6 Å². The zero-order valence-electron chi connectivity index (χ0n) is 13.9. The summed E-state index contributed by atoms with van der Waals surface area (Å²) in [5.41, 5.74) is 2.73. The number of ether oxygens (including phenoxy) is 1. The van der Waals surface area contributed by atoms with E-state index in [-0.39, 0.29) is 11.5 Å². The van der Waals surface area contributed by atoms with Crippen LogP contribution in [0.2, 0.25) is 0 Å². The summed E-state index contributed by atoms with van der Waals surface area (Å²) in [5, 5.41) is 19.4. The molecular weight excluding hydrogens is 280 g/mol. The summed E-state index contributed by atoms with van der Waals surface area (Å²) in [6.07, 6.45) is 6.25. The maximum absolute atomic E-state index is 10.9. The van der Waals surface area contributed by atoms with Crippen LogP contribution in [-0.2, 0) is 19.3 Å². The Morgan fingerprint density at radius 3 is 2.23 bits per heavy atom. The third-order valence-electron chi connectivity index (χ3n) is 3.92. The maximum Gasteiger partial charge on any atom is 0.511 e. The fourth-order valence-electron chi connectivity index (χ4n) is 2.74. The minimum Gasteiger partial charge on any atom is -0.504 e. The summed E-state index contributed by atoms with van der Waals surface area (Å²) < 4.78 is 4.86. The van der Waals surface area contributed by atoms with Crippen LogP contribution in [0.25, 0.3) is 0 Å². The smallest absolute Gasteiger partial charge is 0.504 e. The monoisotopic (exact) mass is 308 g/mol. The Balaban J connectivity index is 3.21. The highest BCUT2D eigenvalue weighted by atomic mass is 16.7. The van der Waals surface area contributed by atoms with Gasteiger partial charge in [-0.3, -0.25) is 0 Å². The van der Waals surface area contributed by atoms with E-state index in [2.05, 4.69) is 13.8 Å². The molecule has 0 aromatic heterocycles. The van der Waals surface area contributed by atoms with Crippen molar-refractivity contribution in [1.29, 1.82) is 0 Å². The molecule has 0 amide bonds. The molecule has 1 aromatic rings. The molecule has 0 bridgehead atoms. The molecule has 0 aliphatic rings. The van der Waals surface area contributed by atoms with Crippen molar-refractivity contribution in [3.63, 3.8) is 0 Å². The molecule has 2 N–H and O–H groups in total. The van der Waals surface area contributed by atoms with Crippen molar-refractivity contribution in [2.75, 3.05) is 0 Å². The molecule has 1 aromatic carbocycles. The molecule has 4 nitrogen and oxygen atoms in total. The number of carboxylic acid groups (broad SMARTS) is 1. The van der Waals surface area contributed by atoms with E-state index in [4.69, 9.17) is 9.84 Å². The predicted molar refractivity (Wildman–Crippen MR) is 88.0 cm³/mol. The third kappa shape index (κ3) is 4.93. The topological polar surface area (TPSA) is 66.8 Å². The summed E-state index contributed by atoms with van der Waals surface area (Å²) in [6, 6.07) is 2.03. The van der Waals surface area contributed by atoms with Gasteiger partial charge in [-0.15, -0.1) is 0 Å². The van der Waals surface area contributed by atoms with Crippen molar-refractivity contribution >= 4 is 6.16 Å². The van der Waals surface area contributed by atoms with Gasteiger partial charge in [-0.1, -0.05) is 46.1 Å². The van der Waals surface area contributed by atoms with Gasteiger partial charge in [0.05, 0.1) is 0 Å². The zero-order valence-corrected chi connectivity index (χ0v) is 13.9. The molecule has 0 atom stereocenters. The van der Waals surface area contributed by atoms with Crippen molar-refractivity contribution in [1.82, 2.24) is 0 Å². The van der Waals surface area contributed by atoms with Crippen molar-refractivity contribution < 1.29 is 19.7 Å². The number of carbonyl (C=O) groups is 1. The van der Waals surface area contributed by atoms with Gasteiger partial charge in [0, 0.05) is 5.56 Å². The normalized spacial score (nSPS) is 10.7. The quantitative estimate of drug-likeness (QED) is 0.379. The van der Waals surface area contributed by atoms with Crippen molar-refractivity contribution in [3.8, 4) is 11.5 Å². The largest absolute Gasteiger partial charge is 0.511 e. The molecule has 22 heavy (non-hydrogen) atoms. The molecule has 0 spiro atoms. The number of rotatable bonds is 9. The maximum atomic E-state index is 10.9. The average molecular weight is 308 g/mol. The lowest BCUT2D eigenvalue weighted by Gasteiger charge is -2.17. The zero-order chi connectivity index (χ0) is 16.5. The van der Waals surface area contributed by atoms with Crippen LogP contribution >= 0.6 is 0 Å². The molecule has 0 aliphatic heterocycles. The SMILES string of the molecule is CCCCCc1cc(CCCC)c(OC(=O)O)c(O)c1CC. The first-order valence-electron chi connectivity index (χ1n) is 8.32. The Morgan fingerprint density at radius 2 is 1.68 bits per heavy atom. The fourth-order valence-corrected chi connectivity index (χ4v) is 2.74. The number of unbranched alkanes of at least 4 members (excludes halogenated alkanes) is 3. The molecule has 0 saturated carbocycles. The van der Waals surface area contributed by atoms with Crippen molar-refractivity contribution in [3.05, 3.63) is 22.8 Å². The van der Waals surface area contributed by atoms with Crippen LogP contribution in [0.15, 0.2) is 6.07 Å². The highest BCUT2D eigenvalue weighted by Gasteiger charge is 2.19. The first-order valence-corrected chi connectivity index (χ1v) is 8.32. The summed E-state index contributed by atoms with van der Waals surface area (Å²) in [4.78, 5) is 10.9. The number of benzene rings is 1. The summed E-state index contributed by atoms with van der Waals surface area (Å²) in [7, 11) is 0. The van der Waals surface area contributed by atoms with Crippen LogP contribution in [0.4, 0.5) is 4.79 Å². The Morgan fingerprint density at radius 1 is 1.05 bits per heavy atom. The molecule has 0 radical (unpaired) electrons. The first kappa shape index (κ1) is 18.3. The molecule has 1 rings (SSSR count). The Kier molecular flexibility index (Phi) is 7.78. The van der Waals surface area contributed by atoms with E-state index >= 15 is 0 Å². The number of aryl methyl sites for hydroxylation is 2. The standard InChI is InChI=1S/C18H28O4/c1-4-7-9-11-13-12-14(10-8-5-2)17(22-18(20)21)16(19)15(13)6-3/h12,19H,4-11H2,1-3H3,(H,20,21). The van der Waals surface area contributed by atoms with Crippen LogP contribution in [0.3, 0.4) is 0 Å². The number of aromatic hydroxyl groups is 1. The summed E-state index contributed by atoms with van der Waals surface area (Å²) in [6.45, 7) is 6.21. The summed E-state index contributed by atoms with van der Waals surface area (Å²) >= 11 is 0. The highest BCUT2D eigenvalue weighted by Crippen LogP contribution is 2.38. The molecule has 0 heterocycles. The van der Waals surface area contributed by atoms with Gasteiger partial charge in [-0.2, -0.15) is 0 Å². The summed E-state index contributed by atoms with van der Waals surface area (Å²) in [5.74, 6) is 0.127. The Hall–Kier alpha value is -1.71. The van der Waals surface area contributed by atoms with Gasteiger partial charge in [0.15, 0.2) is 11.5 Å². The van der Waals surface area contributed by atoms with Gasteiger partial charge in [-0.25, -0.2) is 4.79 Å².